The van der Waals surface area contributed by atoms with Crippen LogP contribution >= 0.6 is 0 Å². The second-order valence-corrected chi connectivity index (χ2v) is 7.63. The van der Waals surface area contributed by atoms with E-state index in [4.69, 9.17) is 4.42 Å². The van der Waals surface area contributed by atoms with Gasteiger partial charge in [0.05, 0.1) is 13.0 Å². The van der Waals surface area contributed by atoms with E-state index in [2.05, 4.69) is 54.7 Å². The van der Waals surface area contributed by atoms with Crippen molar-refractivity contribution in [2.75, 3.05) is 13.1 Å². The number of likely N-dealkylation sites (tertiary alicyclic amines) is 1. The number of benzene rings is 2. The minimum atomic E-state index is -0.248. The molecule has 2 atom stereocenters. The standard InChI is InChI=1S/C23H26N2O2/c1-2-17-8-9-21-19(13-23(26)27-22(21)12-17)14-24-20-10-11-25(16-20)15-18-6-4-3-5-7-18/h3-9,12-13,20,24H,2,10-11,14-16H2,1H3/p+2/t20-/m1/s1. The van der Waals surface area contributed by atoms with Crippen LogP contribution in [0.1, 0.15) is 30.0 Å². The molecule has 1 aliphatic heterocycles. The molecule has 0 radical (unpaired) electrons. The highest BCUT2D eigenvalue weighted by Crippen LogP contribution is 2.18. The summed E-state index contributed by atoms with van der Waals surface area (Å²) < 4.78 is 5.43. The molecule has 3 N–H and O–H groups in total. The van der Waals surface area contributed by atoms with Gasteiger partial charge in [0.25, 0.3) is 0 Å². The van der Waals surface area contributed by atoms with Crippen molar-refractivity contribution in [1.82, 2.24) is 0 Å². The van der Waals surface area contributed by atoms with Crippen molar-refractivity contribution in [2.24, 2.45) is 0 Å². The third-order valence-corrected chi connectivity index (χ3v) is 5.69. The highest BCUT2D eigenvalue weighted by atomic mass is 16.4. The minimum Gasteiger partial charge on any atom is -0.423 e. The lowest BCUT2D eigenvalue weighted by Gasteiger charge is -2.13. The number of aryl methyl sites for hydroxylation is 1. The van der Waals surface area contributed by atoms with Crippen LogP contribution in [0.25, 0.3) is 11.0 Å². The third kappa shape index (κ3) is 4.29. The van der Waals surface area contributed by atoms with E-state index in [1.54, 1.807) is 11.0 Å². The molecule has 4 heteroatoms. The maximum Gasteiger partial charge on any atom is 0.336 e. The molecule has 0 amide bonds. The molecule has 1 saturated heterocycles. The highest BCUT2D eigenvalue weighted by molar-refractivity contribution is 5.80. The average Bonchev–Trinajstić information content (AvgIpc) is 3.13. The first-order valence-electron chi connectivity index (χ1n) is 9.97. The summed E-state index contributed by atoms with van der Waals surface area (Å²) in [4.78, 5) is 13.6. The van der Waals surface area contributed by atoms with Gasteiger partial charge in [0, 0.05) is 22.6 Å². The molecule has 3 aromatic rings. The largest absolute Gasteiger partial charge is 0.423 e. The number of nitrogens with one attached hydrogen (secondary N) is 1. The summed E-state index contributed by atoms with van der Waals surface area (Å²) in [5.74, 6) is 0. The van der Waals surface area contributed by atoms with Crippen LogP contribution in [0.4, 0.5) is 0 Å². The zero-order chi connectivity index (χ0) is 18.6. The highest BCUT2D eigenvalue weighted by Gasteiger charge is 2.28. The smallest absolute Gasteiger partial charge is 0.336 e. The summed E-state index contributed by atoms with van der Waals surface area (Å²) in [7, 11) is 0. The lowest BCUT2D eigenvalue weighted by molar-refractivity contribution is -0.911. The fourth-order valence-corrected chi connectivity index (χ4v) is 4.17. The monoisotopic (exact) mass is 364 g/mol. The maximum atomic E-state index is 12.0. The zero-order valence-corrected chi connectivity index (χ0v) is 15.9. The van der Waals surface area contributed by atoms with Gasteiger partial charge in [0.15, 0.2) is 0 Å². The van der Waals surface area contributed by atoms with Crippen molar-refractivity contribution in [1.29, 1.82) is 0 Å². The first-order valence-corrected chi connectivity index (χ1v) is 9.97. The van der Waals surface area contributed by atoms with E-state index >= 15 is 0 Å². The molecule has 2 heterocycles. The molecular weight excluding hydrogens is 336 g/mol. The Morgan fingerprint density at radius 1 is 1.11 bits per heavy atom. The van der Waals surface area contributed by atoms with Crippen molar-refractivity contribution in [3.63, 3.8) is 0 Å². The second kappa shape index (κ2) is 8.07. The van der Waals surface area contributed by atoms with Crippen LogP contribution in [0.2, 0.25) is 0 Å². The summed E-state index contributed by atoms with van der Waals surface area (Å²) in [6.45, 7) is 6.43. The molecule has 0 spiro atoms. The Balaban J connectivity index is 1.41. The number of nitrogens with two attached hydrogens (primary N) is 1. The van der Waals surface area contributed by atoms with Gasteiger partial charge in [-0.2, -0.15) is 0 Å². The number of fused-ring (bicyclic) bond motifs is 1. The Labute approximate surface area is 159 Å². The molecule has 2 aromatic carbocycles. The van der Waals surface area contributed by atoms with Gasteiger partial charge in [-0.15, -0.1) is 0 Å². The summed E-state index contributed by atoms with van der Waals surface area (Å²) >= 11 is 0. The fraction of sp³-hybridized carbons (Fsp3) is 0.348. The Bertz CT molecular complexity index is 965. The van der Waals surface area contributed by atoms with Gasteiger partial charge in [-0.25, -0.2) is 4.79 Å². The Kier molecular flexibility index (Phi) is 5.37. The summed E-state index contributed by atoms with van der Waals surface area (Å²) in [5, 5.41) is 3.47. The Morgan fingerprint density at radius 2 is 1.96 bits per heavy atom. The van der Waals surface area contributed by atoms with E-state index in [0.717, 1.165) is 30.5 Å². The second-order valence-electron chi connectivity index (χ2n) is 7.63. The van der Waals surface area contributed by atoms with Crippen molar-refractivity contribution >= 4 is 11.0 Å². The van der Waals surface area contributed by atoms with Gasteiger partial charge in [-0.05, 0) is 18.1 Å². The van der Waals surface area contributed by atoms with E-state index in [1.165, 1.54) is 30.6 Å². The molecule has 140 valence electrons. The molecule has 1 fully saturated rings. The van der Waals surface area contributed by atoms with Crippen molar-refractivity contribution < 1.29 is 14.6 Å². The van der Waals surface area contributed by atoms with Crippen molar-refractivity contribution in [2.45, 2.75) is 38.9 Å². The van der Waals surface area contributed by atoms with Crippen LogP contribution < -0.4 is 15.8 Å². The van der Waals surface area contributed by atoms with Crippen LogP contribution in [0.5, 0.6) is 0 Å². The van der Waals surface area contributed by atoms with Crippen LogP contribution in [0.3, 0.4) is 0 Å². The number of quaternary nitrogens is 2. The molecule has 1 unspecified atom stereocenters. The van der Waals surface area contributed by atoms with Crippen molar-refractivity contribution in [3.05, 3.63) is 81.7 Å². The lowest BCUT2D eigenvalue weighted by Crippen LogP contribution is -3.10. The molecule has 0 saturated carbocycles. The van der Waals surface area contributed by atoms with Gasteiger partial charge < -0.3 is 14.6 Å². The van der Waals surface area contributed by atoms with E-state index in [1.807, 2.05) is 6.07 Å². The number of rotatable bonds is 6. The molecule has 27 heavy (non-hydrogen) atoms. The van der Waals surface area contributed by atoms with Gasteiger partial charge in [0.2, 0.25) is 0 Å². The zero-order valence-electron chi connectivity index (χ0n) is 15.9. The first-order chi connectivity index (χ1) is 13.2. The molecule has 0 bridgehead atoms. The van der Waals surface area contributed by atoms with Gasteiger partial charge in [-0.3, -0.25) is 0 Å². The van der Waals surface area contributed by atoms with Crippen LogP contribution in [0.15, 0.2) is 63.8 Å². The predicted molar refractivity (Wildman–Crippen MR) is 107 cm³/mol. The Hall–Kier alpha value is -2.43. The average molecular weight is 364 g/mol. The maximum absolute atomic E-state index is 12.0. The lowest BCUT2D eigenvalue weighted by atomic mass is 10.1. The van der Waals surface area contributed by atoms with E-state index in [9.17, 15) is 4.79 Å². The summed E-state index contributed by atoms with van der Waals surface area (Å²) in [6, 6.07) is 19.2. The summed E-state index contributed by atoms with van der Waals surface area (Å²) in [5.41, 5.74) is 4.16. The van der Waals surface area contributed by atoms with Gasteiger partial charge in [-0.1, -0.05) is 49.4 Å². The summed E-state index contributed by atoms with van der Waals surface area (Å²) in [6.07, 6.45) is 2.17. The molecular formula is C23H28N2O2+2. The van der Waals surface area contributed by atoms with Gasteiger partial charge >= 0.3 is 5.63 Å². The van der Waals surface area contributed by atoms with Crippen molar-refractivity contribution in [3.8, 4) is 0 Å². The molecule has 1 aromatic heterocycles. The predicted octanol–water partition coefficient (Wildman–Crippen LogP) is 1.28. The molecule has 1 aliphatic rings. The number of hydrogen-bond acceptors (Lipinski definition) is 2. The SMILES string of the molecule is CCc1ccc2c(C[NH2+][C@@H]3CC[NH+](Cc4ccccc4)C3)cc(=O)oc2c1. The fourth-order valence-electron chi connectivity index (χ4n) is 4.17. The first kappa shape index (κ1) is 18.0. The van der Waals surface area contributed by atoms with Crippen LogP contribution in [-0.2, 0) is 19.5 Å². The van der Waals surface area contributed by atoms with Crippen LogP contribution in [-0.4, -0.2) is 19.1 Å². The minimum absolute atomic E-state index is 0.248. The Morgan fingerprint density at radius 3 is 2.78 bits per heavy atom. The third-order valence-electron chi connectivity index (χ3n) is 5.69. The topological polar surface area (TPSA) is 51.3 Å². The van der Waals surface area contributed by atoms with E-state index < -0.39 is 0 Å². The van der Waals surface area contributed by atoms with Gasteiger partial charge in [0.1, 0.15) is 31.3 Å². The van der Waals surface area contributed by atoms with E-state index in [-0.39, 0.29) is 5.63 Å². The molecule has 4 rings (SSSR count). The quantitative estimate of drug-likeness (QED) is 0.648. The van der Waals surface area contributed by atoms with E-state index in [0.29, 0.717) is 11.6 Å². The normalized spacial score (nSPS) is 19.6. The molecule has 4 nitrogen and oxygen atoms in total. The number of hydrogen-bond donors (Lipinski definition) is 2. The van der Waals surface area contributed by atoms with Crippen LogP contribution in [0, 0.1) is 0 Å². The molecule has 0 aliphatic carbocycles.